The molecule has 0 aromatic carbocycles. The highest BCUT2D eigenvalue weighted by Gasteiger charge is 2.21. The summed E-state index contributed by atoms with van der Waals surface area (Å²) in [6, 6.07) is 0. The molecule has 9 heteroatoms. The lowest BCUT2D eigenvalue weighted by atomic mass is 15.8. The second-order valence-corrected chi connectivity index (χ2v) is 11.9. The first kappa shape index (κ1) is 10.8. The summed E-state index contributed by atoms with van der Waals surface area (Å²) in [5.74, 6) is -6.63. The van der Waals surface area contributed by atoms with E-state index < -0.39 is 11.5 Å². The molecule has 0 aliphatic heterocycles. The highest BCUT2D eigenvalue weighted by atomic mass is 33.1. The second kappa shape index (κ2) is 3.48. The van der Waals surface area contributed by atoms with Crippen molar-refractivity contribution in [3.8, 4) is 0 Å². The third-order valence-corrected chi connectivity index (χ3v) is 4.54. The fourth-order valence-corrected chi connectivity index (χ4v) is 7.02. The van der Waals surface area contributed by atoms with Gasteiger partial charge in [0, 0.05) is 0 Å². The van der Waals surface area contributed by atoms with Gasteiger partial charge in [0.25, 0.3) is 0 Å². The van der Waals surface area contributed by atoms with Crippen LogP contribution in [-0.2, 0) is 13.4 Å². The highest BCUT2D eigenvalue weighted by Crippen LogP contribution is 2.72. The molecule has 0 aliphatic rings. The zero-order valence-electron chi connectivity index (χ0n) is 3.91. The molecule has 0 bridgehead atoms. The van der Waals surface area contributed by atoms with Gasteiger partial charge >= 0.3 is 11.5 Å². The molecule has 9 heavy (non-hydrogen) atoms. The van der Waals surface area contributed by atoms with E-state index in [-0.39, 0.29) is 0 Å². The summed E-state index contributed by atoms with van der Waals surface area (Å²) in [6.45, 7) is 0. The van der Waals surface area contributed by atoms with Crippen molar-refractivity contribution in [1.82, 2.24) is 0 Å². The lowest BCUT2D eigenvalue weighted by Gasteiger charge is -2.06. The molecular formula is H4O3P2S4. The normalized spacial score (nSPS) is 13.8. The molecule has 0 rings (SSSR count). The van der Waals surface area contributed by atoms with E-state index in [1.165, 1.54) is 0 Å². The second-order valence-electron chi connectivity index (χ2n) is 1.06. The Labute approximate surface area is 73.9 Å². The van der Waals surface area contributed by atoms with Gasteiger partial charge in [-0.15, -0.1) is 0 Å². The largest absolute Gasteiger partial charge is 0.313 e. The highest BCUT2D eigenvalue weighted by molar-refractivity contribution is 8.84. The Hall–Kier alpha value is 1.82. The molecular weight excluding hydrogens is 238 g/mol. The van der Waals surface area contributed by atoms with E-state index in [4.69, 9.17) is 0 Å². The zero-order valence-corrected chi connectivity index (χ0v) is 9.27. The van der Waals surface area contributed by atoms with Crippen molar-refractivity contribution in [2.75, 3.05) is 0 Å². The van der Waals surface area contributed by atoms with Crippen LogP contribution in [0.1, 0.15) is 0 Å². The summed E-state index contributed by atoms with van der Waals surface area (Å²) >= 11 is 13.5. The molecule has 0 saturated carbocycles. The monoisotopic (exact) mass is 242 g/mol. The van der Waals surface area contributed by atoms with Crippen LogP contribution in [0.15, 0.2) is 0 Å². The first-order chi connectivity index (χ1) is 3.71. The lowest BCUT2D eigenvalue weighted by molar-refractivity contribution is 0.504. The van der Waals surface area contributed by atoms with Crippen molar-refractivity contribution in [3.63, 3.8) is 0 Å². The van der Waals surface area contributed by atoms with E-state index in [0.29, 0.717) is 0 Å². The standard InChI is InChI=1S/H4O3P2S4/c1-4(6,7)3-5(2,8)9/h(H2,1,6,7)(H2,2,8,9). The topological polar surface area (TPSA) is 43.4 Å². The third kappa shape index (κ3) is 9.82. The molecule has 56 valence electrons. The zero-order chi connectivity index (χ0) is 7.71. The maximum atomic E-state index is 10.5. The van der Waals surface area contributed by atoms with Gasteiger partial charge in [-0.2, -0.15) is 0 Å². The van der Waals surface area contributed by atoms with Crippen molar-refractivity contribution in [2.45, 2.75) is 0 Å². The quantitative estimate of drug-likeness (QED) is 0.444. The van der Waals surface area contributed by atoms with E-state index in [2.05, 4.69) is 53.3 Å². The van der Waals surface area contributed by atoms with Crippen molar-refractivity contribution >= 4 is 60.5 Å². The number of hydrogen-bond donors (Lipinski definition) is 4. The molecule has 0 unspecified atom stereocenters. The van der Waals surface area contributed by atoms with Crippen LogP contribution in [0, 0.1) is 0 Å². The first-order valence-electron chi connectivity index (χ1n) is 1.53. The molecule has 0 atom stereocenters. The van der Waals surface area contributed by atoms with Gasteiger partial charge in [-0.05, 0) is 0 Å². The molecule has 0 amide bonds. The molecule has 0 spiro atoms. The summed E-state index contributed by atoms with van der Waals surface area (Å²) in [7, 11) is 0. The maximum absolute atomic E-state index is 10.5. The van der Waals surface area contributed by atoms with Gasteiger partial charge in [0.15, 0.2) is 0 Å². The molecule has 0 heterocycles. The summed E-state index contributed by atoms with van der Waals surface area (Å²) in [5, 5.41) is 0. The Balaban J connectivity index is 4.07. The summed E-state index contributed by atoms with van der Waals surface area (Å²) < 4.78 is 25.1. The minimum absolute atomic E-state index is 3.31. The summed E-state index contributed by atoms with van der Waals surface area (Å²) in [4.78, 5) is 0. The molecule has 0 N–H and O–H groups in total. The van der Waals surface area contributed by atoms with Crippen LogP contribution in [0.2, 0.25) is 0 Å². The van der Waals surface area contributed by atoms with Gasteiger partial charge in [-0.25, -0.2) is 4.31 Å². The first-order valence-corrected chi connectivity index (χ1v) is 9.39. The Morgan fingerprint density at radius 2 is 1.11 bits per heavy atom. The summed E-state index contributed by atoms with van der Waals surface area (Å²) in [5.41, 5.74) is 0. The van der Waals surface area contributed by atoms with Gasteiger partial charge in [0.2, 0.25) is 0 Å². The number of hydrogen-bond acceptors (Lipinski definition) is 3. The van der Waals surface area contributed by atoms with Gasteiger partial charge in [0.1, 0.15) is 0 Å². The van der Waals surface area contributed by atoms with Crippen molar-refractivity contribution in [3.05, 3.63) is 0 Å². The Morgan fingerprint density at radius 3 is 1.11 bits per heavy atom. The van der Waals surface area contributed by atoms with Crippen LogP contribution in [0.5, 0.6) is 0 Å². The van der Waals surface area contributed by atoms with Crippen molar-refractivity contribution in [1.29, 1.82) is 0 Å². The fourth-order valence-electron chi connectivity index (χ4n) is 0.139. The van der Waals surface area contributed by atoms with Crippen LogP contribution >= 0.6 is 60.5 Å². The van der Waals surface area contributed by atoms with Gasteiger partial charge in [0.05, 0.1) is 0 Å². The molecule has 0 aliphatic carbocycles. The van der Waals surface area contributed by atoms with E-state index in [0.717, 1.165) is 0 Å². The predicted octanol–water partition coefficient (Wildman–Crippen LogP) is 2.94. The molecule has 3 nitrogen and oxygen atoms in total. The lowest BCUT2D eigenvalue weighted by Crippen LogP contribution is -1.63. The molecule has 0 radical (unpaired) electrons. The smallest absolute Gasteiger partial charge is 0.268 e. The number of thiol groups is 4. The maximum Gasteiger partial charge on any atom is 0.313 e. The summed E-state index contributed by atoms with van der Waals surface area (Å²) in [6.07, 6.45) is 0. The molecule has 0 saturated heterocycles. The van der Waals surface area contributed by atoms with Gasteiger partial charge in [-0.3, -0.25) is 9.13 Å². The van der Waals surface area contributed by atoms with E-state index >= 15 is 0 Å². The fraction of sp³-hybridized carbons (Fsp3) is 0. The van der Waals surface area contributed by atoms with E-state index in [9.17, 15) is 9.13 Å². The minimum atomic E-state index is -3.31. The Kier molecular flexibility index (Phi) is 4.18. The predicted molar refractivity (Wildman–Crippen MR) is 52.2 cm³/mol. The Bertz CT molecular complexity index is 154. The van der Waals surface area contributed by atoms with Crippen molar-refractivity contribution < 1.29 is 13.4 Å². The Morgan fingerprint density at radius 1 is 0.889 bits per heavy atom. The van der Waals surface area contributed by atoms with E-state index in [1.807, 2.05) is 0 Å². The average molecular weight is 242 g/mol. The van der Waals surface area contributed by atoms with Crippen LogP contribution < -0.4 is 0 Å². The molecule has 0 fully saturated rings. The number of rotatable bonds is 2. The van der Waals surface area contributed by atoms with Crippen molar-refractivity contribution in [2.24, 2.45) is 0 Å². The van der Waals surface area contributed by atoms with Crippen LogP contribution in [0.3, 0.4) is 0 Å². The average Bonchev–Trinajstić information content (AvgIpc) is 1.14. The van der Waals surface area contributed by atoms with Crippen LogP contribution in [0.4, 0.5) is 0 Å². The minimum Gasteiger partial charge on any atom is -0.268 e. The SMILES string of the molecule is O=P(S)(S)OP(=O)(S)S. The molecule has 0 aromatic heterocycles. The molecule has 0 aromatic rings. The van der Waals surface area contributed by atoms with Gasteiger partial charge in [-0.1, -0.05) is 49.0 Å². The van der Waals surface area contributed by atoms with E-state index in [1.54, 1.807) is 0 Å². The third-order valence-electron chi connectivity index (χ3n) is 0.213. The van der Waals surface area contributed by atoms with Gasteiger partial charge < -0.3 is 0 Å². The van der Waals surface area contributed by atoms with Crippen LogP contribution in [-0.4, -0.2) is 0 Å². The van der Waals surface area contributed by atoms with Crippen LogP contribution in [0.25, 0.3) is 0 Å².